The van der Waals surface area contributed by atoms with Crippen molar-refractivity contribution < 1.29 is 9.90 Å². The first-order valence-corrected chi connectivity index (χ1v) is 13.4. The van der Waals surface area contributed by atoms with Crippen LogP contribution in [0.3, 0.4) is 0 Å². The van der Waals surface area contributed by atoms with Crippen LogP contribution in [-0.2, 0) is 0 Å². The van der Waals surface area contributed by atoms with E-state index in [0.29, 0.717) is 39.9 Å². The number of nitrogens with one attached hydrogen (secondary N) is 2. The Morgan fingerprint density at radius 3 is 2.56 bits per heavy atom. The number of aromatic nitrogens is 6. The molecule has 1 amide bonds. The molecule has 0 aliphatic heterocycles. The average Bonchev–Trinajstić information content (AvgIpc) is 3.52. The van der Waals surface area contributed by atoms with Gasteiger partial charge in [0, 0.05) is 24.5 Å². The molecule has 2 fully saturated rings. The highest BCUT2D eigenvalue weighted by Gasteiger charge is 2.32. The molecule has 4 aromatic heterocycles. The highest BCUT2D eigenvalue weighted by atomic mass is 16.3. The molecule has 39 heavy (non-hydrogen) atoms. The minimum atomic E-state index is -0.709. The van der Waals surface area contributed by atoms with Gasteiger partial charge < -0.3 is 15.7 Å². The van der Waals surface area contributed by atoms with Crippen molar-refractivity contribution in [3.8, 4) is 17.5 Å². The van der Waals surface area contributed by atoms with Crippen LogP contribution in [0.1, 0.15) is 74.3 Å². The van der Waals surface area contributed by atoms with Crippen molar-refractivity contribution in [2.75, 3.05) is 5.32 Å². The number of hydrogen-bond donors (Lipinski definition) is 3. The smallest absolute Gasteiger partial charge is 0.255 e. The molecule has 0 radical (unpaired) electrons. The number of amides is 1. The molecule has 0 bridgehead atoms. The van der Waals surface area contributed by atoms with E-state index >= 15 is 0 Å². The quantitative estimate of drug-likeness (QED) is 0.328. The highest BCUT2D eigenvalue weighted by Crippen LogP contribution is 2.36. The van der Waals surface area contributed by atoms with Crippen LogP contribution < -0.4 is 10.6 Å². The van der Waals surface area contributed by atoms with Crippen LogP contribution in [0, 0.1) is 17.2 Å². The lowest BCUT2D eigenvalue weighted by Crippen LogP contribution is -2.41. The Labute approximate surface area is 225 Å². The number of nitrogens with zero attached hydrogens (tertiary/aromatic N) is 7. The maximum atomic E-state index is 13.5. The highest BCUT2D eigenvalue weighted by molar-refractivity contribution is 6.00. The number of carbonyl (C=O) groups is 1. The van der Waals surface area contributed by atoms with Crippen LogP contribution in [0.25, 0.3) is 17.0 Å². The van der Waals surface area contributed by atoms with Crippen molar-refractivity contribution in [1.29, 1.82) is 5.26 Å². The van der Waals surface area contributed by atoms with Gasteiger partial charge in [0.05, 0.1) is 58.4 Å². The van der Waals surface area contributed by atoms with E-state index in [1.807, 2.05) is 30.8 Å². The van der Waals surface area contributed by atoms with Gasteiger partial charge in [-0.25, -0.2) is 9.50 Å². The second kappa shape index (κ2) is 9.78. The van der Waals surface area contributed by atoms with Crippen LogP contribution in [0.4, 0.5) is 11.4 Å². The summed E-state index contributed by atoms with van der Waals surface area (Å²) in [6, 6.07) is 6.04. The number of fused-ring (bicyclic) bond motifs is 1. The van der Waals surface area contributed by atoms with Crippen LogP contribution in [-0.4, -0.2) is 52.0 Å². The number of anilines is 2. The first-order chi connectivity index (χ1) is 18.8. The molecule has 2 aliphatic rings. The van der Waals surface area contributed by atoms with E-state index in [0.717, 1.165) is 44.2 Å². The lowest BCUT2D eigenvalue weighted by atomic mass is 9.77. The van der Waals surface area contributed by atoms with Crippen molar-refractivity contribution in [2.24, 2.45) is 5.92 Å². The summed E-state index contributed by atoms with van der Waals surface area (Å²) in [4.78, 5) is 22.5. The van der Waals surface area contributed by atoms with Crippen molar-refractivity contribution in [1.82, 2.24) is 34.7 Å². The zero-order valence-corrected chi connectivity index (χ0v) is 22.0. The second-order valence-electron chi connectivity index (χ2n) is 11.1. The molecule has 11 heteroatoms. The van der Waals surface area contributed by atoms with Crippen LogP contribution >= 0.6 is 0 Å². The van der Waals surface area contributed by atoms with Gasteiger partial charge in [-0.15, -0.1) is 0 Å². The molecule has 6 rings (SSSR count). The van der Waals surface area contributed by atoms with E-state index in [1.165, 1.54) is 6.20 Å². The van der Waals surface area contributed by atoms with Gasteiger partial charge >= 0.3 is 0 Å². The van der Waals surface area contributed by atoms with Gasteiger partial charge in [0.1, 0.15) is 11.8 Å². The summed E-state index contributed by atoms with van der Waals surface area (Å²) < 4.78 is 3.57. The van der Waals surface area contributed by atoms with Crippen molar-refractivity contribution >= 4 is 22.9 Å². The number of imidazole rings is 1. The zero-order valence-electron chi connectivity index (χ0n) is 22.0. The summed E-state index contributed by atoms with van der Waals surface area (Å²) in [7, 11) is 0. The summed E-state index contributed by atoms with van der Waals surface area (Å²) in [6.45, 7) is 3.71. The monoisotopic (exact) mass is 525 g/mol. The fraction of sp³-hybridized carbons (Fsp3) is 0.429. The predicted octanol–water partition coefficient (Wildman–Crippen LogP) is 4.00. The number of rotatable bonds is 7. The zero-order chi connectivity index (χ0) is 27.1. The summed E-state index contributed by atoms with van der Waals surface area (Å²) in [5.74, 6) is 0.0305. The molecule has 0 atom stereocenters. The Kier molecular flexibility index (Phi) is 6.27. The molecule has 3 N–H and O–H groups in total. The molecule has 11 nitrogen and oxygen atoms in total. The van der Waals surface area contributed by atoms with E-state index in [9.17, 15) is 15.2 Å². The van der Waals surface area contributed by atoms with Crippen LogP contribution in [0.5, 0.6) is 0 Å². The fourth-order valence-electron chi connectivity index (χ4n) is 5.30. The van der Waals surface area contributed by atoms with Gasteiger partial charge in [0.2, 0.25) is 0 Å². The second-order valence-corrected chi connectivity index (χ2v) is 11.1. The maximum absolute atomic E-state index is 13.5. The van der Waals surface area contributed by atoms with E-state index in [2.05, 4.69) is 36.9 Å². The third-order valence-corrected chi connectivity index (χ3v) is 7.76. The normalized spacial score (nSPS) is 19.5. The first kappa shape index (κ1) is 25.0. The molecule has 2 aliphatic carbocycles. The van der Waals surface area contributed by atoms with Gasteiger partial charge in [-0.3, -0.25) is 14.5 Å². The SMILES string of the molecule is CC(C)(O)C1CCC(NC(=O)c2cnc(-c3cnc4cc(C#N)cnn34)cc2Nc2cnn(C3CC3)c2)CC1. The number of carbonyl (C=O) groups excluding carboxylic acids is 1. The largest absolute Gasteiger partial charge is 0.390 e. The summed E-state index contributed by atoms with van der Waals surface area (Å²) in [5.41, 5.74) is 3.29. The Hall–Kier alpha value is -4.30. The number of nitriles is 1. The van der Waals surface area contributed by atoms with Crippen LogP contribution in [0.15, 0.2) is 43.1 Å². The number of hydrogen-bond acceptors (Lipinski definition) is 8. The van der Waals surface area contributed by atoms with Gasteiger partial charge in [0.15, 0.2) is 5.65 Å². The van der Waals surface area contributed by atoms with Gasteiger partial charge in [-0.2, -0.15) is 15.5 Å². The molecule has 0 unspecified atom stereocenters. The molecule has 0 spiro atoms. The summed E-state index contributed by atoms with van der Waals surface area (Å²) in [6.07, 6.45) is 14.1. The third-order valence-electron chi connectivity index (χ3n) is 7.76. The van der Waals surface area contributed by atoms with Crippen molar-refractivity contribution in [2.45, 2.75) is 70.1 Å². The van der Waals surface area contributed by atoms with Crippen LogP contribution in [0.2, 0.25) is 0 Å². The topological polar surface area (TPSA) is 146 Å². The standard InChI is InChI=1S/C28H31N9O2/c1-28(2,39)18-3-5-19(6-4-18)35-27(38)22-14-30-24(25-15-31-26-9-17(11-29)12-33-37(25)26)10-23(22)34-20-13-32-36(16-20)21-7-8-21/h9-10,12-16,18-19,21,39H,3-8H2,1-2H3,(H,30,34)(H,35,38). The van der Waals surface area contributed by atoms with Crippen molar-refractivity contribution in [3.63, 3.8) is 0 Å². The maximum Gasteiger partial charge on any atom is 0.255 e. The minimum absolute atomic E-state index is 0.0403. The average molecular weight is 526 g/mol. The van der Waals surface area contributed by atoms with Gasteiger partial charge in [0.25, 0.3) is 5.91 Å². The number of aliphatic hydroxyl groups is 1. The third kappa shape index (κ3) is 5.20. The minimum Gasteiger partial charge on any atom is -0.390 e. The Bertz CT molecular complexity index is 1560. The molecule has 0 saturated heterocycles. The number of pyridine rings is 1. The van der Waals surface area contributed by atoms with E-state index in [1.54, 1.807) is 29.2 Å². The Balaban J connectivity index is 1.29. The molecule has 4 heterocycles. The van der Waals surface area contributed by atoms with E-state index < -0.39 is 5.60 Å². The molecule has 2 saturated carbocycles. The van der Waals surface area contributed by atoms with Gasteiger partial charge in [-0.1, -0.05) is 0 Å². The van der Waals surface area contributed by atoms with E-state index in [-0.39, 0.29) is 17.9 Å². The van der Waals surface area contributed by atoms with E-state index in [4.69, 9.17) is 0 Å². The lowest BCUT2D eigenvalue weighted by Gasteiger charge is -2.36. The fourth-order valence-corrected chi connectivity index (χ4v) is 5.30. The summed E-state index contributed by atoms with van der Waals surface area (Å²) in [5, 5.41) is 34.9. The molecule has 4 aromatic rings. The van der Waals surface area contributed by atoms with Crippen molar-refractivity contribution in [3.05, 3.63) is 54.2 Å². The predicted molar refractivity (Wildman–Crippen MR) is 144 cm³/mol. The Morgan fingerprint density at radius 2 is 1.85 bits per heavy atom. The first-order valence-electron chi connectivity index (χ1n) is 13.4. The molecular formula is C28H31N9O2. The lowest BCUT2D eigenvalue weighted by molar-refractivity contribution is -0.00257. The molecule has 0 aromatic carbocycles. The summed E-state index contributed by atoms with van der Waals surface area (Å²) >= 11 is 0. The van der Waals surface area contributed by atoms with Gasteiger partial charge in [-0.05, 0) is 64.4 Å². The Morgan fingerprint density at radius 1 is 1.05 bits per heavy atom. The molecular weight excluding hydrogens is 494 g/mol. The molecule has 200 valence electrons.